The Labute approximate surface area is 115 Å². The van der Waals surface area contributed by atoms with E-state index in [2.05, 4.69) is 0 Å². The molecule has 0 aliphatic carbocycles. The topological polar surface area (TPSA) is 72.1 Å². The third-order valence-electron chi connectivity index (χ3n) is 2.90. The molecule has 0 fully saturated rings. The average molecular weight is 268 g/mol. The maximum atomic E-state index is 12.0. The van der Waals surface area contributed by atoms with E-state index in [9.17, 15) is 9.59 Å². The van der Waals surface area contributed by atoms with Crippen LogP contribution in [0.3, 0.4) is 0 Å². The van der Waals surface area contributed by atoms with Crippen molar-refractivity contribution in [3.8, 4) is 6.07 Å². The number of carbonyl (C=O) groups excluding carboxylic acids is 1. The third-order valence-corrected chi connectivity index (χ3v) is 2.90. The van der Waals surface area contributed by atoms with Gasteiger partial charge in [-0.15, -0.1) is 0 Å². The minimum atomic E-state index is -0.454. The lowest BCUT2D eigenvalue weighted by atomic mass is 10.1. The summed E-state index contributed by atoms with van der Waals surface area (Å²) in [6, 6.07) is 11.8. The molecule has 0 atom stereocenters. The van der Waals surface area contributed by atoms with Gasteiger partial charge in [-0.3, -0.25) is 4.79 Å². The molecule has 5 heteroatoms. The Morgan fingerprint density at radius 2 is 2.05 bits per heavy atom. The highest BCUT2D eigenvalue weighted by atomic mass is 16.5. The number of aromatic nitrogens is 1. The Morgan fingerprint density at radius 3 is 2.75 bits per heavy atom. The molecule has 0 aliphatic heterocycles. The van der Waals surface area contributed by atoms with E-state index in [0.717, 1.165) is 0 Å². The van der Waals surface area contributed by atoms with Crippen LogP contribution in [-0.4, -0.2) is 17.6 Å². The van der Waals surface area contributed by atoms with Gasteiger partial charge in [0, 0.05) is 6.20 Å². The first kappa shape index (κ1) is 13.6. The van der Waals surface area contributed by atoms with E-state index in [1.54, 1.807) is 36.5 Å². The molecule has 0 radical (unpaired) electrons. The summed E-state index contributed by atoms with van der Waals surface area (Å²) in [6.07, 6.45) is 1.58. The zero-order valence-electron chi connectivity index (χ0n) is 10.9. The van der Waals surface area contributed by atoms with Gasteiger partial charge in [0.1, 0.15) is 11.6 Å². The molecular weight excluding hydrogens is 256 g/mol. The van der Waals surface area contributed by atoms with Crippen molar-refractivity contribution in [2.45, 2.75) is 6.54 Å². The van der Waals surface area contributed by atoms with Crippen LogP contribution in [0, 0.1) is 11.3 Å². The summed E-state index contributed by atoms with van der Waals surface area (Å²) >= 11 is 0. The number of pyridine rings is 1. The van der Waals surface area contributed by atoms with E-state index >= 15 is 0 Å². The van der Waals surface area contributed by atoms with Crippen LogP contribution in [0.1, 0.15) is 21.5 Å². The van der Waals surface area contributed by atoms with Gasteiger partial charge in [-0.2, -0.15) is 5.26 Å². The molecule has 2 rings (SSSR count). The fourth-order valence-corrected chi connectivity index (χ4v) is 1.90. The zero-order valence-corrected chi connectivity index (χ0v) is 10.9. The molecule has 0 saturated carbocycles. The van der Waals surface area contributed by atoms with Crippen LogP contribution in [0.25, 0.3) is 0 Å². The summed E-state index contributed by atoms with van der Waals surface area (Å²) in [7, 11) is 1.31. The number of hydrogen-bond donors (Lipinski definition) is 0. The van der Waals surface area contributed by atoms with Gasteiger partial charge in [-0.1, -0.05) is 18.2 Å². The maximum absolute atomic E-state index is 12.0. The van der Waals surface area contributed by atoms with Crippen LogP contribution in [0.15, 0.2) is 47.4 Å². The molecule has 1 aromatic heterocycles. The van der Waals surface area contributed by atoms with E-state index < -0.39 is 5.97 Å². The van der Waals surface area contributed by atoms with Crippen LogP contribution in [0.2, 0.25) is 0 Å². The van der Waals surface area contributed by atoms with Crippen LogP contribution < -0.4 is 5.56 Å². The largest absolute Gasteiger partial charge is 0.465 e. The SMILES string of the molecule is COC(=O)c1ccccc1Cn1cccc(C#N)c1=O. The summed E-state index contributed by atoms with van der Waals surface area (Å²) in [5.74, 6) is -0.454. The van der Waals surface area contributed by atoms with Gasteiger partial charge in [-0.25, -0.2) is 4.79 Å². The fourth-order valence-electron chi connectivity index (χ4n) is 1.90. The zero-order chi connectivity index (χ0) is 14.5. The molecule has 0 amide bonds. The Bertz CT molecular complexity index is 741. The molecule has 5 nitrogen and oxygen atoms in total. The predicted octanol–water partition coefficient (Wildman–Crippen LogP) is 1.55. The van der Waals surface area contributed by atoms with Crippen molar-refractivity contribution in [2.75, 3.05) is 7.11 Å². The van der Waals surface area contributed by atoms with Gasteiger partial charge in [0.2, 0.25) is 0 Å². The average Bonchev–Trinajstić information content (AvgIpc) is 2.49. The summed E-state index contributed by atoms with van der Waals surface area (Å²) in [5, 5.41) is 8.85. The van der Waals surface area contributed by atoms with Gasteiger partial charge in [0.15, 0.2) is 0 Å². The third kappa shape index (κ3) is 2.59. The standard InChI is InChI=1S/C15H12N2O3/c1-20-15(19)13-7-3-2-5-12(13)10-17-8-4-6-11(9-16)14(17)18/h2-8H,10H2,1H3. The predicted molar refractivity (Wildman–Crippen MR) is 72.3 cm³/mol. The van der Waals surface area contributed by atoms with E-state index in [4.69, 9.17) is 10.00 Å². The number of rotatable bonds is 3. The molecule has 0 unspecified atom stereocenters. The molecule has 2 aromatic rings. The number of carbonyl (C=O) groups is 1. The molecular formula is C15H12N2O3. The number of hydrogen-bond acceptors (Lipinski definition) is 4. The fraction of sp³-hybridized carbons (Fsp3) is 0.133. The summed E-state index contributed by atoms with van der Waals surface area (Å²) < 4.78 is 6.10. The van der Waals surface area contributed by atoms with Gasteiger partial charge in [0.25, 0.3) is 5.56 Å². The number of benzene rings is 1. The molecule has 1 heterocycles. The van der Waals surface area contributed by atoms with Crippen LogP contribution in [0.5, 0.6) is 0 Å². The van der Waals surface area contributed by atoms with E-state index in [-0.39, 0.29) is 17.7 Å². The van der Waals surface area contributed by atoms with Crippen LogP contribution in [-0.2, 0) is 11.3 Å². The van der Waals surface area contributed by atoms with Gasteiger partial charge < -0.3 is 9.30 Å². The van der Waals surface area contributed by atoms with Crippen molar-refractivity contribution in [2.24, 2.45) is 0 Å². The molecule has 100 valence electrons. The first-order chi connectivity index (χ1) is 9.67. The summed E-state index contributed by atoms with van der Waals surface area (Å²) in [4.78, 5) is 23.6. The summed E-state index contributed by atoms with van der Waals surface area (Å²) in [5.41, 5.74) is 0.763. The van der Waals surface area contributed by atoms with Crippen molar-refractivity contribution in [1.82, 2.24) is 4.57 Å². The minimum Gasteiger partial charge on any atom is -0.465 e. The quantitative estimate of drug-likeness (QED) is 0.792. The second kappa shape index (κ2) is 5.85. The lowest BCUT2D eigenvalue weighted by Crippen LogP contribution is -2.23. The van der Waals surface area contributed by atoms with Crippen molar-refractivity contribution < 1.29 is 9.53 Å². The summed E-state index contributed by atoms with van der Waals surface area (Å²) in [6.45, 7) is 0.208. The second-order valence-electron chi connectivity index (χ2n) is 4.12. The highest BCUT2D eigenvalue weighted by molar-refractivity contribution is 5.90. The Kier molecular flexibility index (Phi) is 3.96. The Hall–Kier alpha value is -2.87. The van der Waals surface area contributed by atoms with Gasteiger partial charge in [0.05, 0.1) is 19.2 Å². The van der Waals surface area contributed by atoms with E-state index in [1.165, 1.54) is 17.7 Å². The number of ether oxygens (including phenoxy) is 1. The maximum Gasteiger partial charge on any atom is 0.338 e. The van der Waals surface area contributed by atoms with Crippen molar-refractivity contribution in [3.05, 3.63) is 69.6 Å². The van der Waals surface area contributed by atoms with E-state index in [1.807, 2.05) is 6.07 Å². The molecule has 0 saturated heterocycles. The smallest absolute Gasteiger partial charge is 0.338 e. The molecule has 0 N–H and O–H groups in total. The first-order valence-corrected chi connectivity index (χ1v) is 5.93. The lowest BCUT2D eigenvalue weighted by molar-refractivity contribution is 0.0599. The minimum absolute atomic E-state index is 0.0723. The second-order valence-corrected chi connectivity index (χ2v) is 4.12. The number of nitriles is 1. The van der Waals surface area contributed by atoms with Crippen molar-refractivity contribution >= 4 is 5.97 Å². The number of methoxy groups -OCH3 is 1. The number of nitrogens with zero attached hydrogens (tertiary/aromatic N) is 2. The highest BCUT2D eigenvalue weighted by Crippen LogP contribution is 2.11. The van der Waals surface area contributed by atoms with Crippen LogP contribution in [0.4, 0.5) is 0 Å². The van der Waals surface area contributed by atoms with Crippen molar-refractivity contribution in [1.29, 1.82) is 5.26 Å². The Morgan fingerprint density at radius 1 is 1.30 bits per heavy atom. The van der Waals surface area contributed by atoms with Crippen molar-refractivity contribution in [3.63, 3.8) is 0 Å². The van der Waals surface area contributed by atoms with Crippen LogP contribution >= 0.6 is 0 Å². The normalized spacial score (nSPS) is 9.80. The molecule has 1 aromatic carbocycles. The van der Waals surface area contributed by atoms with Gasteiger partial charge >= 0.3 is 5.97 Å². The number of esters is 1. The van der Waals surface area contributed by atoms with E-state index in [0.29, 0.717) is 11.1 Å². The lowest BCUT2D eigenvalue weighted by Gasteiger charge is -2.09. The monoisotopic (exact) mass is 268 g/mol. The molecule has 0 aliphatic rings. The van der Waals surface area contributed by atoms with Gasteiger partial charge in [-0.05, 0) is 23.8 Å². The first-order valence-electron chi connectivity index (χ1n) is 5.93. The highest BCUT2D eigenvalue weighted by Gasteiger charge is 2.12. The molecule has 0 spiro atoms. The molecule has 0 bridgehead atoms. The molecule has 20 heavy (non-hydrogen) atoms. The Balaban J connectivity index is 2.44.